The van der Waals surface area contributed by atoms with E-state index in [4.69, 9.17) is 16.3 Å². The van der Waals surface area contributed by atoms with Gasteiger partial charge in [0.1, 0.15) is 5.75 Å². The smallest absolute Gasteiger partial charge is 0.238 e. The molecule has 2 aromatic carbocycles. The minimum Gasteiger partial charge on any atom is -0.480 e. The van der Waals surface area contributed by atoms with Crippen molar-refractivity contribution in [2.75, 3.05) is 4.90 Å². The van der Waals surface area contributed by atoms with Gasteiger partial charge in [0.25, 0.3) is 0 Å². The van der Waals surface area contributed by atoms with E-state index in [1.54, 1.807) is 49.4 Å². The number of hydrogen-bond donors (Lipinski definition) is 0. The Morgan fingerprint density at radius 1 is 1.03 bits per heavy atom. The zero-order chi connectivity index (χ0) is 21.0. The maximum absolute atomic E-state index is 13.2. The number of Topliss-reactive ketones (excluding diaryl/α,β-unsaturated/α-hetero) is 1. The number of rotatable bonds is 5. The molecule has 30 heavy (non-hydrogen) atoms. The highest BCUT2D eigenvalue weighted by Crippen LogP contribution is 2.54. The van der Waals surface area contributed by atoms with Crippen molar-refractivity contribution < 1.29 is 19.1 Å². The second kappa shape index (κ2) is 7.10. The molecule has 1 heterocycles. The largest absolute Gasteiger partial charge is 0.480 e. The topological polar surface area (TPSA) is 63.7 Å². The molecular formula is C24H20ClNO4. The molecule has 3 aliphatic rings. The molecule has 2 amide bonds. The molecule has 1 saturated carbocycles. The normalized spacial score (nSPS) is 27.5. The number of ketones is 1. The molecular weight excluding hydrogens is 402 g/mol. The van der Waals surface area contributed by atoms with Crippen LogP contribution in [-0.2, 0) is 9.59 Å². The number of hydrogen-bond acceptors (Lipinski definition) is 4. The molecule has 1 aliphatic heterocycles. The summed E-state index contributed by atoms with van der Waals surface area (Å²) in [5.41, 5.74) is 0.838. The van der Waals surface area contributed by atoms with E-state index in [9.17, 15) is 14.4 Å². The number of carbonyl (C=O) groups excluding carboxylic acids is 3. The Morgan fingerprint density at radius 3 is 2.30 bits per heavy atom. The van der Waals surface area contributed by atoms with Crippen molar-refractivity contribution in [1.29, 1.82) is 0 Å². The molecule has 2 aromatic rings. The lowest BCUT2D eigenvalue weighted by Crippen LogP contribution is -2.34. The van der Waals surface area contributed by atoms with Gasteiger partial charge in [-0.25, -0.2) is 4.90 Å². The number of halogens is 1. The highest BCUT2D eigenvalue weighted by Gasteiger charge is 2.60. The third kappa shape index (κ3) is 2.88. The first-order valence-electron chi connectivity index (χ1n) is 10.1. The van der Waals surface area contributed by atoms with E-state index in [1.165, 1.54) is 4.90 Å². The number of nitrogens with zero attached hydrogens (tertiary/aromatic N) is 1. The Labute approximate surface area is 179 Å². The van der Waals surface area contributed by atoms with Gasteiger partial charge in [-0.3, -0.25) is 14.4 Å². The molecule has 5 nitrogen and oxygen atoms in total. The van der Waals surface area contributed by atoms with Gasteiger partial charge in [-0.15, -0.1) is 0 Å². The Bertz CT molecular complexity index is 1050. The lowest BCUT2D eigenvalue weighted by atomic mass is 9.85. The predicted octanol–water partition coefficient (Wildman–Crippen LogP) is 4.30. The Balaban J connectivity index is 1.46. The molecule has 1 saturated heterocycles. The first kappa shape index (κ1) is 19.1. The number of carbonyl (C=O) groups is 3. The summed E-state index contributed by atoms with van der Waals surface area (Å²) in [5, 5.41) is 0.387. The van der Waals surface area contributed by atoms with Crippen molar-refractivity contribution in [3.63, 3.8) is 0 Å². The SMILES string of the molecule is C[C@H](Oc1ccc(Cl)cc1N1C(=O)[C@@H]2[C@@H](C1=O)[C@H]1C=C[C@@H]2C1)C(=O)c1ccccc1. The highest BCUT2D eigenvalue weighted by atomic mass is 35.5. The lowest BCUT2D eigenvalue weighted by Gasteiger charge is -2.22. The average molecular weight is 422 g/mol. The quantitative estimate of drug-likeness (QED) is 0.410. The van der Waals surface area contributed by atoms with Gasteiger partial charge in [0.05, 0.1) is 17.5 Å². The molecule has 2 aliphatic carbocycles. The third-order valence-corrected chi connectivity index (χ3v) is 6.60. The molecule has 5 rings (SSSR count). The molecule has 0 unspecified atom stereocenters. The maximum atomic E-state index is 13.2. The van der Waals surface area contributed by atoms with Crippen LogP contribution in [0.5, 0.6) is 5.75 Å². The Kier molecular flexibility index (Phi) is 4.51. The fraction of sp³-hybridized carbons (Fsp3) is 0.292. The summed E-state index contributed by atoms with van der Waals surface area (Å²) in [6, 6.07) is 13.6. The number of amides is 2. The monoisotopic (exact) mass is 421 g/mol. The van der Waals surface area contributed by atoms with E-state index in [2.05, 4.69) is 12.2 Å². The van der Waals surface area contributed by atoms with Gasteiger partial charge in [-0.2, -0.15) is 0 Å². The van der Waals surface area contributed by atoms with Gasteiger partial charge in [0.2, 0.25) is 17.6 Å². The molecule has 6 heteroatoms. The zero-order valence-electron chi connectivity index (χ0n) is 16.3. The van der Waals surface area contributed by atoms with Crippen LogP contribution in [0.1, 0.15) is 23.7 Å². The van der Waals surface area contributed by atoms with Crippen molar-refractivity contribution in [3.8, 4) is 5.75 Å². The summed E-state index contributed by atoms with van der Waals surface area (Å²) in [5.74, 6) is -0.725. The van der Waals surface area contributed by atoms with Crippen LogP contribution >= 0.6 is 11.6 Å². The number of imide groups is 1. The molecule has 0 aromatic heterocycles. The van der Waals surface area contributed by atoms with E-state index < -0.39 is 6.10 Å². The standard InChI is InChI=1S/C24H20ClNO4/c1-13(22(27)14-5-3-2-4-6-14)30-19-10-9-17(25)12-18(19)26-23(28)20-15-7-8-16(11-15)21(20)24(26)29/h2-10,12-13,15-16,20-21H,11H2,1H3/t13-,15-,16+,20-,21-/m0/s1. The number of allylic oxidation sites excluding steroid dienone is 2. The van der Waals surface area contributed by atoms with E-state index in [0.29, 0.717) is 16.3 Å². The van der Waals surface area contributed by atoms with Crippen molar-refractivity contribution >= 4 is 34.9 Å². The molecule has 0 radical (unpaired) electrons. The Morgan fingerprint density at radius 2 is 1.67 bits per heavy atom. The number of anilines is 1. The average Bonchev–Trinajstić information content (AvgIpc) is 3.43. The van der Waals surface area contributed by atoms with Crippen LogP contribution in [0.25, 0.3) is 0 Å². The van der Waals surface area contributed by atoms with Crippen molar-refractivity contribution in [2.24, 2.45) is 23.7 Å². The second-order valence-electron chi connectivity index (χ2n) is 8.11. The minimum atomic E-state index is -0.794. The number of ether oxygens (including phenoxy) is 1. The zero-order valence-corrected chi connectivity index (χ0v) is 17.1. The number of benzene rings is 2. The van der Waals surface area contributed by atoms with Gasteiger partial charge in [-0.1, -0.05) is 54.1 Å². The van der Waals surface area contributed by atoms with E-state index in [0.717, 1.165) is 6.42 Å². The van der Waals surface area contributed by atoms with Crippen LogP contribution in [0.3, 0.4) is 0 Å². The van der Waals surface area contributed by atoms with Gasteiger partial charge in [0.15, 0.2) is 6.10 Å². The minimum absolute atomic E-state index is 0.114. The van der Waals surface area contributed by atoms with Crippen LogP contribution in [0.4, 0.5) is 5.69 Å². The first-order chi connectivity index (χ1) is 14.5. The van der Waals surface area contributed by atoms with Gasteiger partial charge >= 0.3 is 0 Å². The fourth-order valence-electron chi connectivity index (χ4n) is 4.99. The van der Waals surface area contributed by atoms with Crippen LogP contribution in [-0.4, -0.2) is 23.7 Å². The molecule has 0 spiro atoms. The van der Waals surface area contributed by atoms with Gasteiger partial charge in [0, 0.05) is 10.6 Å². The van der Waals surface area contributed by atoms with Crippen LogP contribution < -0.4 is 9.64 Å². The van der Waals surface area contributed by atoms with E-state index in [-0.39, 0.29) is 47.0 Å². The molecule has 152 valence electrons. The summed E-state index contributed by atoms with van der Waals surface area (Å²) < 4.78 is 5.95. The molecule has 5 atom stereocenters. The van der Waals surface area contributed by atoms with Crippen LogP contribution in [0, 0.1) is 23.7 Å². The van der Waals surface area contributed by atoms with Crippen molar-refractivity contribution in [3.05, 3.63) is 71.3 Å². The fourth-order valence-corrected chi connectivity index (χ4v) is 5.15. The predicted molar refractivity (Wildman–Crippen MR) is 113 cm³/mol. The summed E-state index contributed by atoms with van der Waals surface area (Å²) in [4.78, 5) is 40.3. The summed E-state index contributed by atoms with van der Waals surface area (Å²) in [6.45, 7) is 1.65. The highest BCUT2D eigenvalue weighted by molar-refractivity contribution is 6.31. The second-order valence-corrected chi connectivity index (χ2v) is 8.55. The van der Waals surface area contributed by atoms with Crippen molar-refractivity contribution in [2.45, 2.75) is 19.4 Å². The maximum Gasteiger partial charge on any atom is 0.238 e. The van der Waals surface area contributed by atoms with Gasteiger partial charge in [-0.05, 0) is 43.4 Å². The molecule has 0 N–H and O–H groups in total. The van der Waals surface area contributed by atoms with E-state index >= 15 is 0 Å². The van der Waals surface area contributed by atoms with Crippen molar-refractivity contribution in [1.82, 2.24) is 0 Å². The summed E-state index contributed by atoms with van der Waals surface area (Å²) >= 11 is 6.19. The molecule has 2 bridgehead atoms. The summed E-state index contributed by atoms with van der Waals surface area (Å²) in [7, 11) is 0. The van der Waals surface area contributed by atoms with Gasteiger partial charge < -0.3 is 4.74 Å². The third-order valence-electron chi connectivity index (χ3n) is 6.36. The van der Waals surface area contributed by atoms with Crippen LogP contribution in [0.2, 0.25) is 5.02 Å². The van der Waals surface area contributed by atoms with E-state index in [1.807, 2.05) is 6.07 Å². The van der Waals surface area contributed by atoms with Crippen LogP contribution in [0.15, 0.2) is 60.7 Å². The first-order valence-corrected chi connectivity index (χ1v) is 10.4. The lowest BCUT2D eigenvalue weighted by molar-refractivity contribution is -0.123. The summed E-state index contributed by atoms with van der Waals surface area (Å²) in [6.07, 6.45) is 4.17. The Hall–Kier alpha value is -2.92. The molecule has 2 fully saturated rings. The number of fused-ring (bicyclic) bond motifs is 5.